The second kappa shape index (κ2) is 8.13. The molecule has 0 fully saturated rings. The van der Waals surface area contributed by atoms with Gasteiger partial charge in [0.05, 0.1) is 39.7 Å². The first-order valence-corrected chi connectivity index (χ1v) is 12.2. The van der Waals surface area contributed by atoms with Gasteiger partial charge in [0.25, 0.3) is 10.0 Å². The number of thioether (sulfide) groups is 1. The SMILES string of the molecule is O=S(=O)(Nc1cncc(-c2ccc3ncc(C4=CCCS4)nc3c2)c1)c1ccccc1. The lowest BCUT2D eigenvalue weighted by atomic mass is 10.1. The molecule has 5 rings (SSSR count). The summed E-state index contributed by atoms with van der Waals surface area (Å²) in [6.07, 6.45) is 8.25. The van der Waals surface area contributed by atoms with E-state index in [1.165, 1.54) is 11.1 Å². The molecule has 2 aromatic carbocycles. The highest BCUT2D eigenvalue weighted by molar-refractivity contribution is 8.08. The molecule has 1 aliphatic rings. The molecule has 3 heterocycles. The van der Waals surface area contributed by atoms with Gasteiger partial charge in [-0.05, 0) is 42.3 Å². The number of aromatic nitrogens is 3. The number of pyridine rings is 1. The Morgan fingerprint density at radius 2 is 1.77 bits per heavy atom. The van der Waals surface area contributed by atoms with Crippen LogP contribution in [0.15, 0.2) is 84.2 Å². The van der Waals surface area contributed by atoms with Crippen LogP contribution in [0, 0.1) is 0 Å². The fourth-order valence-corrected chi connectivity index (χ4v) is 5.37. The zero-order chi connectivity index (χ0) is 21.3. The molecule has 1 N–H and O–H groups in total. The number of allylic oxidation sites excluding steroid dienone is 1. The number of hydrogen-bond donors (Lipinski definition) is 1. The molecule has 1 aliphatic heterocycles. The highest BCUT2D eigenvalue weighted by atomic mass is 32.2. The molecule has 6 nitrogen and oxygen atoms in total. The molecule has 0 unspecified atom stereocenters. The van der Waals surface area contributed by atoms with Crippen LogP contribution in [-0.2, 0) is 10.0 Å². The van der Waals surface area contributed by atoms with Crippen LogP contribution in [0.25, 0.3) is 27.1 Å². The van der Waals surface area contributed by atoms with E-state index >= 15 is 0 Å². The van der Waals surface area contributed by atoms with E-state index in [4.69, 9.17) is 4.98 Å². The Bertz CT molecular complexity index is 1400. The Hall–Kier alpha value is -3.23. The molecule has 31 heavy (non-hydrogen) atoms. The van der Waals surface area contributed by atoms with Gasteiger partial charge < -0.3 is 0 Å². The lowest BCUT2D eigenvalue weighted by Gasteiger charge is -2.10. The van der Waals surface area contributed by atoms with Gasteiger partial charge in [-0.1, -0.05) is 30.3 Å². The minimum atomic E-state index is -3.68. The number of sulfonamides is 1. The van der Waals surface area contributed by atoms with Crippen LogP contribution in [0.5, 0.6) is 0 Å². The average Bonchev–Trinajstić information content (AvgIpc) is 3.34. The molecule has 2 aromatic heterocycles. The van der Waals surface area contributed by atoms with E-state index in [2.05, 4.69) is 20.8 Å². The van der Waals surface area contributed by atoms with Crippen molar-refractivity contribution in [1.82, 2.24) is 15.0 Å². The topological polar surface area (TPSA) is 84.8 Å². The van der Waals surface area contributed by atoms with Crippen molar-refractivity contribution in [2.45, 2.75) is 11.3 Å². The number of nitrogens with one attached hydrogen (secondary N) is 1. The summed E-state index contributed by atoms with van der Waals surface area (Å²) in [6, 6.07) is 15.8. The molecule has 0 atom stereocenters. The minimum Gasteiger partial charge on any atom is -0.278 e. The van der Waals surface area contributed by atoms with Gasteiger partial charge in [0.2, 0.25) is 0 Å². The predicted molar refractivity (Wildman–Crippen MR) is 125 cm³/mol. The number of fused-ring (bicyclic) bond motifs is 1. The maximum atomic E-state index is 12.6. The number of hydrogen-bond acceptors (Lipinski definition) is 6. The van der Waals surface area contributed by atoms with Crippen molar-refractivity contribution in [2.75, 3.05) is 10.5 Å². The summed E-state index contributed by atoms with van der Waals surface area (Å²) in [5, 5.41) is 0. The Labute approximate surface area is 184 Å². The van der Waals surface area contributed by atoms with Gasteiger partial charge in [-0.3, -0.25) is 14.7 Å². The first kappa shape index (κ1) is 19.7. The molecule has 8 heteroatoms. The van der Waals surface area contributed by atoms with Crippen molar-refractivity contribution in [3.63, 3.8) is 0 Å². The fraction of sp³-hybridized carbons (Fsp3) is 0.0870. The third-order valence-corrected chi connectivity index (χ3v) is 7.40. The molecule has 0 aliphatic carbocycles. The largest absolute Gasteiger partial charge is 0.278 e. The summed E-state index contributed by atoms with van der Waals surface area (Å²) in [7, 11) is -3.68. The van der Waals surface area contributed by atoms with Crippen molar-refractivity contribution in [2.24, 2.45) is 0 Å². The van der Waals surface area contributed by atoms with E-state index in [1.807, 2.05) is 24.4 Å². The molecule has 0 bridgehead atoms. The van der Waals surface area contributed by atoms with Gasteiger partial charge in [0.15, 0.2) is 0 Å². The summed E-state index contributed by atoms with van der Waals surface area (Å²) >= 11 is 1.79. The monoisotopic (exact) mass is 446 g/mol. The second-order valence-electron chi connectivity index (χ2n) is 7.05. The lowest BCUT2D eigenvalue weighted by Crippen LogP contribution is -2.12. The van der Waals surface area contributed by atoms with E-state index in [1.54, 1.807) is 54.4 Å². The Morgan fingerprint density at radius 3 is 2.58 bits per heavy atom. The number of rotatable bonds is 5. The van der Waals surface area contributed by atoms with Crippen molar-refractivity contribution in [3.8, 4) is 11.1 Å². The molecule has 0 saturated heterocycles. The van der Waals surface area contributed by atoms with E-state index in [0.29, 0.717) is 5.69 Å². The number of nitrogens with zero attached hydrogens (tertiary/aromatic N) is 3. The van der Waals surface area contributed by atoms with E-state index in [-0.39, 0.29) is 4.90 Å². The fourth-order valence-electron chi connectivity index (χ4n) is 3.37. The maximum Gasteiger partial charge on any atom is 0.261 e. The lowest BCUT2D eigenvalue weighted by molar-refractivity contribution is 0.601. The van der Waals surface area contributed by atoms with Crippen LogP contribution in [0.1, 0.15) is 12.1 Å². The van der Waals surface area contributed by atoms with Crippen LogP contribution in [0.4, 0.5) is 5.69 Å². The zero-order valence-corrected chi connectivity index (χ0v) is 18.0. The quantitative estimate of drug-likeness (QED) is 0.466. The molecule has 0 amide bonds. The van der Waals surface area contributed by atoms with E-state index in [0.717, 1.165) is 40.0 Å². The highest BCUT2D eigenvalue weighted by Gasteiger charge is 2.15. The van der Waals surface area contributed by atoms with E-state index < -0.39 is 10.0 Å². The predicted octanol–water partition coefficient (Wildman–Crippen LogP) is 4.97. The summed E-state index contributed by atoms with van der Waals surface area (Å²) in [5.41, 5.74) is 4.56. The smallest absolute Gasteiger partial charge is 0.261 e. The van der Waals surface area contributed by atoms with Gasteiger partial charge in [0.1, 0.15) is 0 Å². The van der Waals surface area contributed by atoms with Crippen LogP contribution in [0.3, 0.4) is 0 Å². The van der Waals surface area contributed by atoms with Gasteiger partial charge in [0, 0.05) is 22.4 Å². The number of benzene rings is 2. The molecular formula is C23H18N4O2S2. The molecule has 154 valence electrons. The zero-order valence-electron chi connectivity index (χ0n) is 16.4. The van der Waals surface area contributed by atoms with Crippen LogP contribution < -0.4 is 4.72 Å². The van der Waals surface area contributed by atoms with Gasteiger partial charge in [-0.25, -0.2) is 13.4 Å². The summed E-state index contributed by atoms with van der Waals surface area (Å²) in [5.74, 6) is 1.08. The summed E-state index contributed by atoms with van der Waals surface area (Å²) in [6.45, 7) is 0. The Morgan fingerprint density at radius 1 is 0.903 bits per heavy atom. The van der Waals surface area contributed by atoms with Crippen LogP contribution >= 0.6 is 11.8 Å². The highest BCUT2D eigenvalue weighted by Crippen LogP contribution is 2.33. The van der Waals surface area contributed by atoms with Gasteiger partial charge in [-0.2, -0.15) is 0 Å². The van der Waals surface area contributed by atoms with Crippen LogP contribution in [-0.4, -0.2) is 29.1 Å². The summed E-state index contributed by atoms with van der Waals surface area (Å²) in [4.78, 5) is 14.9. The molecule has 0 radical (unpaired) electrons. The first-order chi connectivity index (χ1) is 15.1. The maximum absolute atomic E-state index is 12.6. The average molecular weight is 447 g/mol. The third kappa shape index (κ3) is 4.17. The van der Waals surface area contributed by atoms with Crippen molar-refractivity contribution >= 4 is 43.4 Å². The summed E-state index contributed by atoms with van der Waals surface area (Å²) < 4.78 is 27.8. The standard InChI is InChI=1S/C23H18N4O2S2/c28-31(29,19-5-2-1-3-6-19)27-18-11-17(13-24-14-18)16-8-9-20-21(12-16)26-22(15-25-20)23-7-4-10-30-23/h1-3,5-9,11-15,27H,4,10H2. The van der Waals surface area contributed by atoms with Crippen molar-refractivity contribution in [1.29, 1.82) is 0 Å². The van der Waals surface area contributed by atoms with Gasteiger partial charge >= 0.3 is 0 Å². The Balaban J connectivity index is 1.47. The molecule has 0 spiro atoms. The van der Waals surface area contributed by atoms with Crippen LogP contribution in [0.2, 0.25) is 0 Å². The minimum absolute atomic E-state index is 0.202. The second-order valence-corrected chi connectivity index (χ2v) is 9.86. The molecular weight excluding hydrogens is 428 g/mol. The van der Waals surface area contributed by atoms with Gasteiger partial charge in [-0.15, -0.1) is 11.8 Å². The van der Waals surface area contributed by atoms with Crippen molar-refractivity contribution in [3.05, 3.63) is 85.0 Å². The Kier molecular flexibility index (Phi) is 5.17. The van der Waals surface area contributed by atoms with Crippen molar-refractivity contribution < 1.29 is 8.42 Å². The molecule has 0 saturated carbocycles. The molecule has 4 aromatic rings. The third-order valence-electron chi connectivity index (χ3n) is 4.88. The number of anilines is 1. The van der Waals surface area contributed by atoms with E-state index in [9.17, 15) is 8.42 Å². The first-order valence-electron chi connectivity index (χ1n) is 9.72. The normalized spacial score (nSPS) is 13.9.